The third-order valence-corrected chi connectivity index (χ3v) is 7.65. The van der Waals surface area contributed by atoms with Crippen LogP contribution in [0.15, 0.2) is 46.9 Å². The van der Waals surface area contributed by atoms with Gasteiger partial charge >= 0.3 is 6.18 Å². The van der Waals surface area contributed by atoms with Gasteiger partial charge in [-0.3, -0.25) is 9.48 Å². The topological polar surface area (TPSA) is 72.6 Å². The Balaban J connectivity index is 1.20. The average Bonchev–Trinajstić information content (AvgIpc) is 3.54. The van der Waals surface area contributed by atoms with Crippen molar-refractivity contribution >= 4 is 23.0 Å². The summed E-state index contributed by atoms with van der Waals surface area (Å²) in [5.41, 5.74) is 2.18. The molecule has 38 heavy (non-hydrogen) atoms. The van der Waals surface area contributed by atoms with Gasteiger partial charge in [0.1, 0.15) is 18.9 Å². The molecule has 4 rings (SSSR count). The Morgan fingerprint density at radius 3 is 2.61 bits per heavy atom. The minimum atomic E-state index is -4.53. The molecule has 0 unspecified atom stereocenters. The number of oxime groups is 1. The first-order valence-electron chi connectivity index (χ1n) is 12.8. The fourth-order valence-electron chi connectivity index (χ4n) is 4.38. The van der Waals surface area contributed by atoms with E-state index in [0.29, 0.717) is 25.4 Å². The van der Waals surface area contributed by atoms with E-state index in [2.05, 4.69) is 22.4 Å². The summed E-state index contributed by atoms with van der Waals surface area (Å²) in [6, 6.07) is 11.3. The molecule has 204 valence electrons. The first-order valence-corrected chi connectivity index (χ1v) is 13.6. The summed E-state index contributed by atoms with van der Waals surface area (Å²) in [5, 5.41) is 10.8. The van der Waals surface area contributed by atoms with Crippen LogP contribution in [0.2, 0.25) is 0 Å². The van der Waals surface area contributed by atoms with Crippen LogP contribution in [0.1, 0.15) is 66.2 Å². The Morgan fingerprint density at radius 2 is 1.92 bits per heavy atom. The average molecular weight is 548 g/mol. The van der Waals surface area contributed by atoms with E-state index in [1.807, 2.05) is 30.5 Å². The maximum absolute atomic E-state index is 12.9. The van der Waals surface area contributed by atoms with Gasteiger partial charge in [0.2, 0.25) is 5.91 Å². The van der Waals surface area contributed by atoms with Crippen LogP contribution in [-0.2, 0) is 28.8 Å². The molecule has 0 N–H and O–H groups in total. The molecule has 1 fully saturated rings. The number of aromatic nitrogens is 3. The van der Waals surface area contributed by atoms with Gasteiger partial charge in [-0.1, -0.05) is 35.5 Å². The van der Waals surface area contributed by atoms with Crippen LogP contribution in [-0.4, -0.2) is 51.0 Å². The Labute approximate surface area is 224 Å². The van der Waals surface area contributed by atoms with Crippen LogP contribution in [0.3, 0.4) is 0 Å². The van der Waals surface area contributed by atoms with E-state index in [-0.39, 0.29) is 18.4 Å². The molecular weight excluding hydrogens is 515 g/mol. The zero-order valence-corrected chi connectivity index (χ0v) is 22.4. The number of carbonyl (C=O) groups excluding carboxylic acids is 1. The van der Waals surface area contributed by atoms with E-state index in [0.717, 1.165) is 59.3 Å². The second kappa shape index (κ2) is 12.6. The highest BCUT2D eigenvalue weighted by atomic mass is 32.1. The summed E-state index contributed by atoms with van der Waals surface area (Å²) in [4.78, 5) is 24.6. The zero-order chi connectivity index (χ0) is 27.1. The molecule has 0 bridgehead atoms. The minimum absolute atomic E-state index is 0.199. The van der Waals surface area contributed by atoms with Crippen LogP contribution >= 0.6 is 11.3 Å². The number of nitrogens with zero attached hydrogens (tertiary/aromatic N) is 5. The number of halogens is 3. The molecule has 2 aromatic heterocycles. The summed E-state index contributed by atoms with van der Waals surface area (Å²) in [5.74, 6) is -0.000117. The van der Waals surface area contributed by atoms with Gasteiger partial charge in [0, 0.05) is 30.1 Å². The summed E-state index contributed by atoms with van der Waals surface area (Å²) in [6.45, 7) is 4.82. The fraction of sp³-hybridized carbons (Fsp3) is 0.481. The van der Waals surface area contributed by atoms with Gasteiger partial charge in [0.25, 0.3) is 0 Å². The quantitative estimate of drug-likeness (QED) is 0.182. The number of hydrogen-bond acceptors (Lipinski definition) is 6. The molecule has 3 heterocycles. The van der Waals surface area contributed by atoms with Crippen LogP contribution in [0.25, 0.3) is 0 Å². The molecule has 0 aliphatic carbocycles. The Hall–Kier alpha value is -3.21. The molecule has 1 saturated heterocycles. The molecular formula is C27H32F3N5O2S. The summed E-state index contributed by atoms with van der Waals surface area (Å²) in [6.07, 6.45) is -0.0425. The molecule has 0 saturated carbocycles. The number of rotatable bonds is 10. The van der Waals surface area contributed by atoms with Crippen molar-refractivity contribution in [1.82, 2.24) is 19.7 Å². The number of likely N-dealkylation sites (tertiary alicyclic amines) is 1. The van der Waals surface area contributed by atoms with Gasteiger partial charge in [-0.25, -0.2) is 4.98 Å². The van der Waals surface area contributed by atoms with Crippen molar-refractivity contribution in [2.24, 2.45) is 5.16 Å². The van der Waals surface area contributed by atoms with Crippen molar-refractivity contribution < 1.29 is 22.8 Å². The lowest BCUT2D eigenvalue weighted by atomic mass is 9.97. The number of alkyl halides is 3. The fourth-order valence-corrected chi connectivity index (χ4v) is 5.42. The third kappa shape index (κ3) is 7.43. The summed E-state index contributed by atoms with van der Waals surface area (Å²) >= 11 is 1.58. The zero-order valence-electron chi connectivity index (χ0n) is 21.6. The smallest absolute Gasteiger partial charge is 0.396 e. The highest BCUT2D eigenvalue weighted by Crippen LogP contribution is 2.31. The lowest BCUT2D eigenvalue weighted by molar-refractivity contribution is -0.142. The molecule has 1 aromatic carbocycles. The Bertz CT molecular complexity index is 1230. The number of benzene rings is 1. The SMILES string of the molecule is CC(=NOCCCCc1ccccc1)c1csc(C2CCN(C(=O)Cn3nc(C(F)(F)F)cc3C)CC2)n1. The largest absolute Gasteiger partial charge is 0.435 e. The predicted molar refractivity (Wildman–Crippen MR) is 140 cm³/mol. The van der Waals surface area contributed by atoms with Crippen LogP contribution in [0, 0.1) is 6.92 Å². The number of thiazole rings is 1. The Morgan fingerprint density at radius 1 is 1.18 bits per heavy atom. The number of hydrogen-bond donors (Lipinski definition) is 0. The van der Waals surface area contributed by atoms with Gasteiger partial charge in [0.15, 0.2) is 5.69 Å². The monoisotopic (exact) mass is 547 g/mol. The second-order valence-electron chi connectivity index (χ2n) is 9.51. The van der Waals surface area contributed by atoms with E-state index < -0.39 is 11.9 Å². The predicted octanol–water partition coefficient (Wildman–Crippen LogP) is 5.84. The first-order chi connectivity index (χ1) is 18.2. The van der Waals surface area contributed by atoms with Gasteiger partial charge < -0.3 is 9.74 Å². The molecule has 0 atom stereocenters. The third-order valence-electron chi connectivity index (χ3n) is 6.64. The number of carbonyl (C=O) groups is 1. The van der Waals surface area contributed by atoms with Crippen molar-refractivity contribution in [3.63, 3.8) is 0 Å². The molecule has 1 aliphatic rings. The Kier molecular flexibility index (Phi) is 9.19. The number of piperidine rings is 1. The second-order valence-corrected chi connectivity index (χ2v) is 10.4. The number of unbranched alkanes of at least 4 members (excludes halogenated alkanes) is 1. The number of amides is 1. The van der Waals surface area contributed by atoms with E-state index in [9.17, 15) is 18.0 Å². The molecule has 0 spiro atoms. The highest BCUT2D eigenvalue weighted by Gasteiger charge is 2.35. The molecule has 3 aromatic rings. The van der Waals surface area contributed by atoms with Gasteiger partial charge in [-0.15, -0.1) is 11.3 Å². The van der Waals surface area contributed by atoms with Crippen molar-refractivity contribution in [2.45, 2.75) is 64.6 Å². The van der Waals surface area contributed by atoms with Crippen molar-refractivity contribution in [2.75, 3.05) is 19.7 Å². The van der Waals surface area contributed by atoms with Gasteiger partial charge in [-0.2, -0.15) is 18.3 Å². The first kappa shape index (κ1) is 27.8. The maximum atomic E-state index is 12.9. The van der Waals surface area contributed by atoms with E-state index in [4.69, 9.17) is 9.82 Å². The van der Waals surface area contributed by atoms with Crippen molar-refractivity contribution in [3.05, 3.63) is 69.4 Å². The van der Waals surface area contributed by atoms with Gasteiger partial charge in [-0.05, 0) is 57.6 Å². The molecule has 0 radical (unpaired) electrons. The molecule has 1 aliphatic heterocycles. The highest BCUT2D eigenvalue weighted by molar-refractivity contribution is 7.09. The normalized spacial score (nSPS) is 15.2. The maximum Gasteiger partial charge on any atom is 0.435 e. The molecule has 1 amide bonds. The summed E-state index contributed by atoms with van der Waals surface area (Å²) in [7, 11) is 0. The van der Waals surface area contributed by atoms with Crippen LogP contribution in [0.4, 0.5) is 13.2 Å². The lowest BCUT2D eigenvalue weighted by Gasteiger charge is -2.31. The molecule has 11 heteroatoms. The van der Waals surface area contributed by atoms with Crippen molar-refractivity contribution in [3.8, 4) is 0 Å². The van der Waals surface area contributed by atoms with Crippen LogP contribution < -0.4 is 0 Å². The van der Waals surface area contributed by atoms with Crippen molar-refractivity contribution in [1.29, 1.82) is 0 Å². The minimum Gasteiger partial charge on any atom is -0.396 e. The lowest BCUT2D eigenvalue weighted by Crippen LogP contribution is -2.40. The molecule has 7 nitrogen and oxygen atoms in total. The van der Waals surface area contributed by atoms with Crippen LogP contribution in [0.5, 0.6) is 0 Å². The number of aryl methyl sites for hydroxylation is 2. The van der Waals surface area contributed by atoms with Gasteiger partial charge in [0.05, 0.1) is 10.7 Å². The standard InChI is InChI=1S/C27H32F3N5O2S/c1-19-16-24(27(28,29)30)32-35(19)17-25(36)34-13-11-22(12-14-34)26-31-23(18-38-26)20(2)33-37-15-7-6-10-21-8-4-3-5-9-21/h3-5,8-9,16,18,22H,6-7,10-15,17H2,1-2H3. The van der Waals surface area contributed by atoms with E-state index in [1.165, 1.54) is 12.5 Å². The summed E-state index contributed by atoms with van der Waals surface area (Å²) < 4.78 is 39.8. The van der Waals surface area contributed by atoms with E-state index >= 15 is 0 Å². The van der Waals surface area contributed by atoms with E-state index in [1.54, 1.807) is 16.2 Å².